The van der Waals surface area contributed by atoms with Crippen LogP contribution in [0.2, 0.25) is 0 Å². The first-order chi connectivity index (χ1) is 8.13. The molecule has 0 heterocycles. The number of nitro groups is 1. The molecular weight excluding hydrogens is 223 g/mol. The maximum atomic E-state index is 13.8. The van der Waals surface area contributed by atoms with Crippen LogP contribution in [-0.4, -0.2) is 22.4 Å². The highest BCUT2D eigenvalue weighted by atomic mass is 19.1. The maximum absolute atomic E-state index is 13.8. The summed E-state index contributed by atoms with van der Waals surface area (Å²) in [6.07, 6.45) is 2.29. The molecule has 1 aromatic rings. The molecule has 0 N–H and O–H groups in total. The average molecular weight is 238 g/mol. The highest BCUT2D eigenvalue weighted by Crippen LogP contribution is 2.29. The lowest BCUT2D eigenvalue weighted by Crippen LogP contribution is -2.25. The zero-order chi connectivity index (χ0) is 12.4. The summed E-state index contributed by atoms with van der Waals surface area (Å²) >= 11 is 0. The summed E-state index contributed by atoms with van der Waals surface area (Å²) in [6.45, 7) is 3.31. The van der Waals surface area contributed by atoms with Crippen LogP contribution in [0.5, 0.6) is 0 Å². The minimum Gasteiger partial charge on any atom is -0.296 e. The first kappa shape index (κ1) is 12.0. The van der Waals surface area contributed by atoms with Crippen LogP contribution in [0, 0.1) is 15.9 Å². The summed E-state index contributed by atoms with van der Waals surface area (Å²) in [5, 5.41) is 10.6. The van der Waals surface area contributed by atoms with Gasteiger partial charge in [-0.3, -0.25) is 15.0 Å². The molecule has 5 heteroatoms. The van der Waals surface area contributed by atoms with Crippen molar-refractivity contribution < 1.29 is 9.31 Å². The Morgan fingerprint density at radius 1 is 1.53 bits per heavy atom. The minimum absolute atomic E-state index is 0.410. The molecule has 0 aliphatic heterocycles. The highest BCUT2D eigenvalue weighted by Gasteiger charge is 2.29. The smallest absolute Gasteiger partial charge is 0.296 e. The number of hydrogen-bond donors (Lipinski definition) is 0. The molecule has 1 aliphatic carbocycles. The van der Waals surface area contributed by atoms with Crippen molar-refractivity contribution in [2.24, 2.45) is 0 Å². The van der Waals surface area contributed by atoms with Gasteiger partial charge < -0.3 is 0 Å². The number of hydrogen-bond acceptors (Lipinski definition) is 3. The summed E-state index contributed by atoms with van der Waals surface area (Å²) < 4.78 is 13.8. The Morgan fingerprint density at radius 2 is 2.24 bits per heavy atom. The van der Waals surface area contributed by atoms with Crippen LogP contribution in [0.4, 0.5) is 10.1 Å². The average Bonchev–Trinajstić information content (AvgIpc) is 3.11. The quantitative estimate of drug-likeness (QED) is 0.585. The summed E-state index contributed by atoms with van der Waals surface area (Å²) in [4.78, 5) is 12.1. The van der Waals surface area contributed by atoms with Gasteiger partial charge in [0.25, 0.3) is 0 Å². The van der Waals surface area contributed by atoms with E-state index in [-0.39, 0.29) is 0 Å². The van der Waals surface area contributed by atoms with Gasteiger partial charge in [0.1, 0.15) is 0 Å². The van der Waals surface area contributed by atoms with Crippen molar-refractivity contribution in [1.82, 2.24) is 4.90 Å². The predicted octanol–water partition coefficient (Wildman–Crippen LogP) is 2.72. The molecule has 2 rings (SSSR count). The number of nitrogens with zero attached hydrogens (tertiary/aromatic N) is 2. The lowest BCUT2D eigenvalue weighted by molar-refractivity contribution is -0.387. The van der Waals surface area contributed by atoms with Gasteiger partial charge >= 0.3 is 5.69 Å². The zero-order valence-corrected chi connectivity index (χ0v) is 9.73. The third-order valence-electron chi connectivity index (χ3n) is 3.10. The number of rotatable bonds is 5. The lowest BCUT2D eigenvalue weighted by Gasteiger charge is -2.19. The van der Waals surface area contributed by atoms with Gasteiger partial charge in [0.15, 0.2) is 0 Å². The molecule has 0 atom stereocenters. The molecule has 0 saturated heterocycles. The largest absolute Gasteiger partial charge is 0.305 e. The lowest BCUT2D eigenvalue weighted by atomic mass is 10.1. The van der Waals surface area contributed by atoms with Gasteiger partial charge in [-0.15, -0.1) is 0 Å². The molecule has 17 heavy (non-hydrogen) atoms. The van der Waals surface area contributed by atoms with Crippen LogP contribution in [-0.2, 0) is 6.54 Å². The molecule has 1 aliphatic rings. The Hall–Kier alpha value is -1.49. The number of nitro benzene ring substituents is 1. The SMILES string of the molecule is CCN(Cc1cccc([N+](=O)[O-])c1F)C1CC1. The summed E-state index contributed by atoms with van der Waals surface area (Å²) in [5.74, 6) is -0.698. The molecule has 92 valence electrons. The van der Waals surface area contributed by atoms with Crippen molar-refractivity contribution in [1.29, 1.82) is 0 Å². The van der Waals surface area contributed by atoms with Crippen molar-refractivity contribution in [2.45, 2.75) is 32.4 Å². The first-order valence-corrected chi connectivity index (χ1v) is 5.79. The molecule has 0 bridgehead atoms. The van der Waals surface area contributed by atoms with Crippen LogP contribution in [0.3, 0.4) is 0 Å². The number of halogens is 1. The molecule has 0 amide bonds. The molecule has 0 aromatic heterocycles. The standard InChI is InChI=1S/C12H15FN2O2/c1-2-14(10-6-7-10)8-9-4-3-5-11(12(9)13)15(16)17/h3-5,10H,2,6-8H2,1H3. The molecule has 0 unspecified atom stereocenters. The van der Waals surface area contributed by atoms with E-state index in [1.54, 1.807) is 6.07 Å². The molecule has 1 saturated carbocycles. The Labute approximate surface area is 99.2 Å². The fraction of sp³-hybridized carbons (Fsp3) is 0.500. The monoisotopic (exact) mass is 238 g/mol. The van der Waals surface area contributed by atoms with Crippen molar-refractivity contribution in [3.05, 3.63) is 39.7 Å². The second kappa shape index (κ2) is 4.79. The van der Waals surface area contributed by atoms with Crippen LogP contribution in [0.15, 0.2) is 18.2 Å². The van der Waals surface area contributed by atoms with E-state index in [0.717, 1.165) is 19.4 Å². The molecule has 4 nitrogen and oxygen atoms in total. The Bertz CT molecular complexity index is 433. The highest BCUT2D eigenvalue weighted by molar-refractivity contribution is 5.36. The maximum Gasteiger partial charge on any atom is 0.305 e. The third kappa shape index (κ3) is 2.61. The van der Waals surface area contributed by atoms with E-state index in [0.29, 0.717) is 18.2 Å². The molecule has 1 fully saturated rings. The van der Waals surface area contributed by atoms with Crippen molar-refractivity contribution in [3.63, 3.8) is 0 Å². The zero-order valence-electron chi connectivity index (χ0n) is 9.73. The number of benzene rings is 1. The summed E-state index contributed by atoms with van der Waals surface area (Å²) in [5.41, 5.74) is -0.0256. The van der Waals surface area contributed by atoms with Gasteiger partial charge in [0.05, 0.1) is 4.92 Å². The fourth-order valence-electron chi connectivity index (χ4n) is 1.99. The van der Waals surface area contributed by atoms with E-state index in [2.05, 4.69) is 4.90 Å². The van der Waals surface area contributed by atoms with Crippen LogP contribution in [0.25, 0.3) is 0 Å². The normalized spacial score (nSPS) is 15.2. The second-order valence-corrected chi connectivity index (χ2v) is 4.30. The van der Waals surface area contributed by atoms with E-state index in [4.69, 9.17) is 0 Å². The minimum atomic E-state index is -0.698. The van der Waals surface area contributed by atoms with Gasteiger partial charge in [0.2, 0.25) is 5.82 Å². The molecule has 0 radical (unpaired) electrons. The van der Waals surface area contributed by atoms with Crippen molar-refractivity contribution in [2.75, 3.05) is 6.54 Å². The predicted molar refractivity (Wildman–Crippen MR) is 62.2 cm³/mol. The Kier molecular flexibility index (Phi) is 3.38. The van der Waals surface area contributed by atoms with E-state index >= 15 is 0 Å². The van der Waals surface area contributed by atoms with Crippen LogP contribution >= 0.6 is 0 Å². The van der Waals surface area contributed by atoms with Gasteiger partial charge in [-0.2, -0.15) is 4.39 Å². The molecule has 1 aromatic carbocycles. The van der Waals surface area contributed by atoms with E-state index in [1.165, 1.54) is 12.1 Å². The van der Waals surface area contributed by atoms with E-state index < -0.39 is 16.4 Å². The van der Waals surface area contributed by atoms with Gasteiger partial charge in [-0.1, -0.05) is 19.1 Å². The topological polar surface area (TPSA) is 46.4 Å². The van der Waals surface area contributed by atoms with Gasteiger partial charge in [-0.25, -0.2) is 0 Å². The fourth-order valence-corrected chi connectivity index (χ4v) is 1.99. The van der Waals surface area contributed by atoms with Gasteiger partial charge in [-0.05, 0) is 19.4 Å². The Balaban J connectivity index is 2.20. The summed E-state index contributed by atoms with van der Waals surface area (Å²) in [7, 11) is 0. The first-order valence-electron chi connectivity index (χ1n) is 5.79. The van der Waals surface area contributed by atoms with Gasteiger partial charge in [0, 0.05) is 24.2 Å². The van der Waals surface area contributed by atoms with Crippen LogP contribution in [0.1, 0.15) is 25.3 Å². The van der Waals surface area contributed by atoms with E-state index in [9.17, 15) is 14.5 Å². The van der Waals surface area contributed by atoms with E-state index in [1.807, 2.05) is 6.92 Å². The van der Waals surface area contributed by atoms with Crippen molar-refractivity contribution >= 4 is 5.69 Å². The Morgan fingerprint density at radius 3 is 2.76 bits per heavy atom. The molecular formula is C12H15FN2O2. The summed E-state index contributed by atoms with van der Waals surface area (Å²) in [6, 6.07) is 4.88. The van der Waals surface area contributed by atoms with Crippen LogP contribution < -0.4 is 0 Å². The molecule has 0 spiro atoms. The third-order valence-corrected chi connectivity index (χ3v) is 3.10. The second-order valence-electron chi connectivity index (χ2n) is 4.30. The van der Waals surface area contributed by atoms with Crippen molar-refractivity contribution in [3.8, 4) is 0 Å².